The number of ether oxygens (including phenoxy) is 3. The van der Waals surface area contributed by atoms with Crippen molar-refractivity contribution in [3.05, 3.63) is 36.2 Å². The molecule has 0 amide bonds. The molecule has 136 valence electrons. The van der Waals surface area contributed by atoms with Crippen molar-refractivity contribution in [1.29, 1.82) is 0 Å². The summed E-state index contributed by atoms with van der Waals surface area (Å²) in [4.78, 5) is 0. The zero-order valence-electron chi connectivity index (χ0n) is 14.9. The zero-order valence-corrected chi connectivity index (χ0v) is 14.9. The molecule has 0 spiro atoms. The molecule has 0 saturated carbocycles. The molecule has 2 N–H and O–H groups in total. The van der Waals surface area contributed by atoms with E-state index in [9.17, 15) is 5.11 Å². The van der Waals surface area contributed by atoms with Crippen molar-refractivity contribution < 1.29 is 19.3 Å². The summed E-state index contributed by atoms with van der Waals surface area (Å²) in [7, 11) is 0. The minimum Gasteiger partial charge on any atom is -0.491 e. The highest BCUT2D eigenvalue weighted by molar-refractivity contribution is 5.46. The number of rotatable bonds is 7. The first-order chi connectivity index (χ1) is 11.9. The zero-order chi connectivity index (χ0) is 17.9. The largest absolute Gasteiger partial charge is 0.491 e. The smallest absolute Gasteiger partial charge is 0.231 e. The molecule has 0 fully saturated rings. The van der Waals surface area contributed by atoms with Crippen LogP contribution >= 0.6 is 0 Å². The van der Waals surface area contributed by atoms with Gasteiger partial charge >= 0.3 is 0 Å². The fourth-order valence-corrected chi connectivity index (χ4v) is 2.42. The molecule has 0 radical (unpaired) electrons. The summed E-state index contributed by atoms with van der Waals surface area (Å²) >= 11 is 0. The van der Waals surface area contributed by atoms with Crippen LogP contribution in [0.25, 0.3) is 0 Å². The fraction of sp³-hybridized carbons (Fsp3) is 0.500. The van der Waals surface area contributed by atoms with Crippen molar-refractivity contribution in [2.24, 2.45) is 0 Å². The number of hydrogen-bond donors (Lipinski definition) is 2. The Morgan fingerprint density at radius 1 is 1.32 bits per heavy atom. The SMILES string of the molecule is CC(C)(C)n1cc(CNCC(O)COc2ccc3c(c2)OCO3)cn1. The maximum absolute atomic E-state index is 10.1. The van der Waals surface area contributed by atoms with Gasteiger partial charge in [0.15, 0.2) is 11.5 Å². The van der Waals surface area contributed by atoms with Crippen LogP contribution in [-0.4, -0.2) is 40.9 Å². The van der Waals surface area contributed by atoms with E-state index in [1.165, 1.54) is 0 Å². The molecule has 25 heavy (non-hydrogen) atoms. The van der Waals surface area contributed by atoms with Crippen LogP contribution in [0.1, 0.15) is 26.3 Å². The second kappa shape index (κ2) is 7.33. The van der Waals surface area contributed by atoms with E-state index in [1.54, 1.807) is 18.2 Å². The standard InChI is InChI=1S/C18H25N3O4/c1-18(2,3)21-10-13(8-20-21)7-19-9-14(22)11-23-15-4-5-16-17(6-15)25-12-24-16/h4-6,8,10,14,19,22H,7,9,11-12H2,1-3H3. The van der Waals surface area contributed by atoms with Crippen LogP contribution in [0.4, 0.5) is 0 Å². The number of fused-ring (bicyclic) bond motifs is 1. The van der Waals surface area contributed by atoms with E-state index in [4.69, 9.17) is 14.2 Å². The molecule has 0 aliphatic carbocycles. The lowest BCUT2D eigenvalue weighted by atomic mass is 10.1. The Morgan fingerprint density at radius 2 is 2.12 bits per heavy atom. The van der Waals surface area contributed by atoms with Crippen LogP contribution in [0.3, 0.4) is 0 Å². The van der Waals surface area contributed by atoms with Gasteiger partial charge in [0.1, 0.15) is 18.5 Å². The van der Waals surface area contributed by atoms with Gasteiger partial charge in [-0.15, -0.1) is 0 Å². The summed E-state index contributed by atoms with van der Waals surface area (Å²) in [6.07, 6.45) is 3.25. The average Bonchev–Trinajstić information content (AvgIpc) is 3.21. The van der Waals surface area contributed by atoms with Crippen LogP contribution in [0.2, 0.25) is 0 Å². The van der Waals surface area contributed by atoms with Gasteiger partial charge in [-0.2, -0.15) is 5.10 Å². The topological polar surface area (TPSA) is 77.8 Å². The molecule has 1 aliphatic heterocycles. The lowest BCUT2D eigenvalue weighted by Crippen LogP contribution is -2.31. The van der Waals surface area contributed by atoms with Gasteiger partial charge in [-0.05, 0) is 32.9 Å². The molecule has 2 heterocycles. The predicted molar refractivity (Wildman–Crippen MR) is 93.0 cm³/mol. The minimum atomic E-state index is -0.608. The average molecular weight is 347 g/mol. The second-order valence-corrected chi connectivity index (χ2v) is 7.07. The van der Waals surface area contributed by atoms with Crippen molar-refractivity contribution in [2.45, 2.75) is 39.0 Å². The van der Waals surface area contributed by atoms with E-state index < -0.39 is 6.10 Å². The third kappa shape index (κ3) is 4.64. The van der Waals surface area contributed by atoms with Crippen molar-refractivity contribution >= 4 is 0 Å². The molecule has 7 heteroatoms. The van der Waals surface area contributed by atoms with Crippen molar-refractivity contribution in [3.63, 3.8) is 0 Å². The summed E-state index contributed by atoms with van der Waals surface area (Å²) in [6.45, 7) is 7.84. The van der Waals surface area contributed by atoms with E-state index in [2.05, 4.69) is 31.2 Å². The van der Waals surface area contributed by atoms with Crippen LogP contribution in [0.15, 0.2) is 30.6 Å². The molecular formula is C18H25N3O4. The summed E-state index contributed by atoms with van der Waals surface area (Å²) in [5.74, 6) is 2.03. The molecular weight excluding hydrogens is 322 g/mol. The maximum Gasteiger partial charge on any atom is 0.231 e. The molecule has 3 rings (SSSR count). The fourth-order valence-electron chi connectivity index (χ4n) is 2.42. The minimum absolute atomic E-state index is 0.0315. The number of aliphatic hydroxyl groups is 1. The number of aliphatic hydroxyl groups excluding tert-OH is 1. The van der Waals surface area contributed by atoms with E-state index >= 15 is 0 Å². The Hall–Kier alpha value is -2.25. The quantitative estimate of drug-likeness (QED) is 0.796. The normalized spacial score (nSPS) is 14.6. The van der Waals surface area contributed by atoms with Gasteiger partial charge < -0.3 is 24.6 Å². The van der Waals surface area contributed by atoms with Crippen LogP contribution in [-0.2, 0) is 12.1 Å². The van der Waals surface area contributed by atoms with E-state index in [-0.39, 0.29) is 18.9 Å². The Labute approximate surface area is 147 Å². The molecule has 0 saturated heterocycles. The third-order valence-corrected chi connectivity index (χ3v) is 3.82. The van der Waals surface area contributed by atoms with Crippen LogP contribution < -0.4 is 19.5 Å². The van der Waals surface area contributed by atoms with E-state index in [0.717, 1.165) is 5.56 Å². The Balaban J connectivity index is 1.39. The first-order valence-electron chi connectivity index (χ1n) is 8.37. The number of nitrogens with one attached hydrogen (secondary N) is 1. The number of nitrogens with zero attached hydrogens (tertiary/aromatic N) is 2. The highest BCUT2D eigenvalue weighted by atomic mass is 16.7. The van der Waals surface area contributed by atoms with Crippen molar-refractivity contribution in [1.82, 2.24) is 15.1 Å². The molecule has 1 unspecified atom stereocenters. The number of aromatic nitrogens is 2. The van der Waals surface area contributed by atoms with Gasteiger partial charge in [-0.1, -0.05) is 0 Å². The number of benzene rings is 1. The molecule has 1 atom stereocenters. The lowest BCUT2D eigenvalue weighted by Gasteiger charge is -2.18. The first-order valence-corrected chi connectivity index (χ1v) is 8.37. The van der Waals surface area contributed by atoms with Gasteiger partial charge in [0.05, 0.1) is 11.7 Å². The van der Waals surface area contributed by atoms with Gasteiger partial charge in [0.2, 0.25) is 6.79 Å². The van der Waals surface area contributed by atoms with Gasteiger partial charge in [0, 0.05) is 30.9 Å². The van der Waals surface area contributed by atoms with Gasteiger partial charge in [0.25, 0.3) is 0 Å². The molecule has 0 bridgehead atoms. The molecule has 1 aliphatic rings. The summed E-state index contributed by atoms with van der Waals surface area (Å²) in [5.41, 5.74) is 1.05. The second-order valence-electron chi connectivity index (χ2n) is 7.07. The van der Waals surface area contributed by atoms with Crippen LogP contribution in [0.5, 0.6) is 17.2 Å². The highest BCUT2D eigenvalue weighted by Crippen LogP contribution is 2.35. The highest BCUT2D eigenvalue weighted by Gasteiger charge is 2.15. The summed E-state index contributed by atoms with van der Waals surface area (Å²) in [5, 5.41) is 17.6. The first kappa shape index (κ1) is 17.6. The predicted octanol–water partition coefficient (Wildman–Crippen LogP) is 1.90. The molecule has 1 aromatic carbocycles. The Kier molecular flexibility index (Phi) is 5.15. The molecule has 1 aromatic heterocycles. The van der Waals surface area contributed by atoms with Gasteiger partial charge in [-0.25, -0.2) is 0 Å². The third-order valence-electron chi connectivity index (χ3n) is 3.82. The van der Waals surface area contributed by atoms with Crippen molar-refractivity contribution in [3.8, 4) is 17.2 Å². The summed E-state index contributed by atoms with van der Waals surface area (Å²) in [6, 6.07) is 5.37. The van der Waals surface area contributed by atoms with Crippen LogP contribution in [0, 0.1) is 0 Å². The molecule has 2 aromatic rings. The number of hydrogen-bond acceptors (Lipinski definition) is 6. The monoisotopic (exact) mass is 347 g/mol. The Morgan fingerprint density at radius 3 is 2.88 bits per heavy atom. The van der Waals surface area contributed by atoms with Gasteiger partial charge in [-0.3, -0.25) is 4.68 Å². The summed E-state index contributed by atoms with van der Waals surface area (Å²) < 4.78 is 18.1. The van der Waals surface area contributed by atoms with E-state index in [0.29, 0.717) is 30.3 Å². The molecule has 7 nitrogen and oxygen atoms in total. The Bertz CT molecular complexity index is 709. The maximum atomic E-state index is 10.1. The lowest BCUT2D eigenvalue weighted by molar-refractivity contribution is 0.106. The van der Waals surface area contributed by atoms with Crippen molar-refractivity contribution in [2.75, 3.05) is 19.9 Å². The van der Waals surface area contributed by atoms with E-state index in [1.807, 2.05) is 17.1 Å².